The molecule has 23 heavy (non-hydrogen) atoms. The van der Waals surface area contributed by atoms with Crippen LogP contribution in [-0.4, -0.2) is 0 Å². The van der Waals surface area contributed by atoms with E-state index in [0.717, 1.165) is 49.3 Å². The number of rotatable bonds is 3. The summed E-state index contributed by atoms with van der Waals surface area (Å²) in [7, 11) is 0. The number of hydrogen-bond acceptors (Lipinski definition) is 0. The molecular weight excluding hydrogens is 297 g/mol. The zero-order valence-electron chi connectivity index (χ0n) is 13.5. The first-order chi connectivity index (χ1) is 11.0. The Morgan fingerprint density at radius 2 is 1.78 bits per heavy atom. The van der Waals surface area contributed by atoms with E-state index in [-0.39, 0.29) is 17.9 Å². The fourth-order valence-electron chi connectivity index (χ4n) is 3.95. The van der Waals surface area contributed by atoms with Gasteiger partial charge in [0.05, 0.1) is 0 Å². The van der Waals surface area contributed by atoms with Crippen LogP contribution in [0.5, 0.6) is 0 Å². The molecule has 0 heterocycles. The Labute approximate surface area is 136 Å². The van der Waals surface area contributed by atoms with Crippen molar-refractivity contribution in [1.82, 2.24) is 0 Å². The van der Waals surface area contributed by atoms with Gasteiger partial charge in [-0.25, -0.2) is 13.2 Å². The second-order valence-corrected chi connectivity index (χ2v) is 6.77. The van der Waals surface area contributed by atoms with Gasteiger partial charge in [-0.05, 0) is 55.2 Å². The van der Waals surface area contributed by atoms with Gasteiger partial charge in [0.25, 0.3) is 0 Å². The fourth-order valence-corrected chi connectivity index (χ4v) is 3.95. The third-order valence-electron chi connectivity index (χ3n) is 5.40. The Morgan fingerprint density at radius 1 is 1.09 bits per heavy atom. The lowest BCUT2D eigenvalue weighted by atomic mass is 9.74. The quantitative estimate of drug-likeness (QED) is 0.585. The fraction of sp³-hybridized carbons (Fsp3) is 0.500. The Kier molecular flexibility index (Phi) is 4.65. The summed E-state index contributed by atoms with van der Waals surface area (Å²) >= 11 is 0. The van der Waals surface area contributed by atoms with E-state index in [1.54, 1.807) is 12.1 Å². The van der Waals surface area contributed by atoms with Gasteiger partial charge < -0.3 is 0 Å². The molecule has 0 aliphatic heterocycles. The zero-order chi connectivity index (χ0) is 16.4. The van der Waals surface area contributed by atoms with Gasteiger partial charge in [0.1, 0.15) is 11.7 Å². The Balaban J connectivity index is 1.96. The molecule has 0 saturated heterocycles. The lowest BCUT2D eigenvalue weighted by Gasteiger charge is -2.32. The lowest BCUT2D eigenvalue weighted by Crippen LogP contribution is -2.24. The second kappa shape index (κ2) is 6.54. The molecule has 1 aromatic carbocycles. The summed E-state index contributed by atoms with van der Waals surface area (Å²) < 4.78 is 43.2. The standard InChI is InChI=1S/C20H23F3/c1-2-14-7-9-15(10-8-14)17-5-3-4-6-18(17)20(23)13-16(21)11-12-19(20)22/h3-6,12-15H,2,7-11H2,1H3. The van der Waals surface area contributed by atoms with E-state index in [1.807, 2.05) is 12.1 Å². The molecule has 1 atom stereocenters. The summed E-state index contributed by atoms with van der Waals surface area (Å²) in [5.41, 5.74) is -1.36. The van der Waals surface area contributed by atoms with Crippen LogP contribution in [0.1, 0.15) is 62.5 Å². The van der Waals surface area contributed by atoms with Crippen LogP contribution >= 0.6 is 0 Å². The molecule has 1 saturated carbocycles. The molecule has 0 N–H and O–H groups in total. The first-order valence-electron chi connectivity index (χ1n) is 8.56. The van der Waals surface area contributed by atoms with Gasteiger partial charge >= 0.3 is 0 Å². The van der Waals surface area contributed by atoms with Crippen LogP contribution in [0.2, 0.25) is 0 Å². The SMILES string of the molecule is CCC1CCC(c2ccccc2C2(F)C=C(F)CC=C2F)CC1. The molecule has 3 rings (SSSR count). The molecule has 124 valence electrons. The van der Waals surface area contributed by atoms with Crippen molar-refractivity contribution in [1.29, 1.82) is 0 Å². The average molecular weight is 320 g/mol. The van der Waals surface area contributed by atoms with Crippen molar-refractivity contribution in [2.24, 2.45) is 5.92 Å². The average Bonchev–Trinajstić information content (AvgIpc) is 2.58. The van der Waals surface area contributed by atoms with Gasteiger partial charge in [0.15, 0.2) is 0 Å². The van der Waals surface area contributed by atoms with Crippen LogP contribution < -0.4 is 0 Å². The highest BCUT2D eigenvalue weighted by Crippen LogP contribution is 2.46. The van der Waals surface area contributed by atoms with E-state index < -0.39 is 17.3 Å². The highest BCUT2D eigenvalue weighted by Gasteiger charge is 2.40. The third kappa shape index (κ3) is 3.11. The smallest absolute Gasteiger partial charge is 0.207 e. The zero-order valence-corrected chi connectivity index (χ0v) is 13.5. The van der Waals surface area contributed by atoms with Crippen LogP contribution in [0, 0.1) is 5.92 Å². The van der Waals surface area contributed by atoms with Crippen LogP contribution in [-0.2, 0) is 5.67 Å². The van der Waals surface area contributed by atoms with Crippen LogP contribution in [0.4, 0.5) is 13.2 Å². The highest BCUT2D eigenvalue weighted by molar-refractivity contribution is 5.45. The summed E-state index contributed by atoms with van der Waals surface area (Å²) in [5.74, 6) is -0.541. The lowest BCUT2D eigenvalue weighted by molar-refractivity contribution is 0.223. The van der Waals surface area contributed by atoms with Crippen LogP contribution in [0.25, 0.3) is 0 Å². The molecule has 0 bridgehead atoms. The van der Waals surface area contributed by atoms with Crippen LogP contribution in [0.3, 0.4) is 0 Å². The van der Waals surface area contributed by atoms with Crippen molar-refractivity contribution in [2.45, 2.75) is 57.0 Å². The molecular formula is C20H23F3. The van der Waals surface area contributed by atoms with Gasteiger partial charge in [-0.2, -0.15) is 0 Å². The Morgan fingerprint density at radius 3 is 2.48 bits per heavy atom. The summed E-state index contributed by atoms with van der Waals surface area (Å²) in [4.78, 5) is 0. The minimum Gasteiger partial charge on any atom is -0.226 e. The van der Waals surface area contributed by atoms with E-state index in [0.29, 0.717) is 0 Å². The molecule has 3 heteroatoms. The van der Waals surface area contributed by atoms with Crippen LogP contribution in [0.15, 0.2) is 48.1 Å². The molecule has 2 aliphatic rings. The predicted octanol–water partition coefficient (Wildman–Crippen LogP) is 6.65. The maximum atomic E-state index is 15.3. The monoisotopic (exact) mass is 320 g/mol. The molecule has 0 amide bonds. The molecule has 0 nitrogen and oxygen atoms in total. The predicted molar refractivity (Wildman–Crippen MR) is 87.2 cm³/mol. The number of benzene rings is 1. The number of allylic oxidation sites excluding steroid dienone is 4. The van der Waals surface area contributed by atoms with Gasteiger partial charge in [-0.1, -0.05) is 37.6 Å². The summed E-state index contributed by atoms with van der Waals surface area (Å²) in [5, 5.41) is 0. The highest BCUT2D eigenvalue weighted by atomic mass is 19.2. The molecule has 1 unspecified atom stereocenters. The Hall–Kier alpha value is -1.51. The van der Waals surface area contributed by atoms with Gasteiger partial charge in [0, 0.05) is 12.0 Å². The van der Waals surface area contributed by atoms with Gasteiger partial charge in [-0.3, -0.25) is 0 Å². The second-order valence-electron chi connectivity index (χ2n) is 6.77. The van der Waals surface area contributed by atoms with E-state index >= 15 is 4.39 Å². The Bertz CT molecular complexity index is 624. The summed E-state index contributed by atoms with van der Waals surface area (Å²) in [6.45, 7) is 2.20. The maximum Gasteiger partial charge on any atom is 0.207 e. The molecule has 0 radical (unpaired) electrons. The number of hydrogen-bond donors (Lipinski definition) is 0. The maximum absolute atomic E-state index is 15.3. The van der Waals surface area contributed by atoms with E-state index in [4.69, 9.17) is 0 Å². The molecule has 2 aliphatic carbocycles. The number of alkyl halides is 1. The van der Waals surface area contributed by atoms with Crippen molar-refractivity contribution >= 4 is 0 Å². The molecule has 1 fully saturated rings. The first-order valence-corrected chi connectivity index (χ1v) is 8.56. The third-order valence-corrected chi connectivity index (χ3v) is 5.40. The van der Waals surface area contributed by atoms with Crippen molar-refractivity contribution in [3.8, 4) is 0 Å². The van der Waals surface area contributed by atoms with E-state index in [9.17, 15) is 8.78 Å². The largest absolute Gasteiger partial charge is 0.226 e. The van der Waals surface area contributed by atoms with Crippen molar-refractivity contribution in [3.05, 3.63) is 59.2 Å². The first kappa shape index (κ1) is 16.4. The summed E-state index contributed by atoms with van der Waals surface area (Å²) in [6.07, 6.45) is 7.05. The van der Waals surface area contributed by atoms with Gasteiger partial charge in [-0.15, -0.1) is 0 Å². The topological polar surface area (TPSA) is 0 Å². The van der Waals surface area contributed by atoms with Gasteiger partial charge in [0.2, 0.25) is 5.67 Å². The minimum absolute atomic E-state index is 0.165. The normalized spacial score (nSPS) is 31.5. The van der Waals surface area contributed by atoms with Crippen molar-refractivity contribution < 1.29 is 13.2 Å². The van der Waals surface area contributed by atoms with E-state index in [1.165, 1.54) is 6.42 Å². The minimum atomic E-state index is -2.46. The number of halogens is 3. The van der Waals surface area contributed by atoms with Crippen molar-refractivity contribution in [2.75, 3.05) is 0 Å². The molecule has 1 aromatic rings. The molecule has 0 aromatic heterocycles. The summed E-state index contributed by atoms with van der Waals surface area (Å²) in [6, 6.07) is 7.04. The molecule has 0 spiro atoms. The van der Waals surface area contributed by atoms with Crippen molar-refractivity contribution in [3.63, 3.8) is 0 Å². The van der Waals surface area contributed by atoms with E-state index in [2.05, 4.69) is 6.92 Å².